The van der Waals surface area contributed by atoms with E-state index in [9.17, 15) is 5.11 Å². The molecule has 0 saturated heterocycles. The molecule has 1 heterocycles. The lowest BCUT2D eigenvalue weighted by molar-refractivity contribution is 0.130. The van der Waals surface area contributed by atoms with Crippen molar-refractivity contribution in [2.75, 3.05) is 0 Å². The van der Waals surface area contributed by atoms with E-state index in [2.05, 4.69) is 19.9 Å². The quantitative estimate of drug-likeness (QED) is 0.794. The molecule has 0 saturated carbocycles. The SMILES string of the molecule is CC(C)C(O)c1cc2c(s1)CCCC2. The Hall–Kier alpha value is -0.340. The topological polar surface area (TPSA) is 20.2 Å². The van der Waals surface area contributed by atoms with Gasteiger partial charge in [-0.15, -0.1) is 11.3 Å². The van der Waals surface area contributed by atoms with E-state index in [0.29, 0.717) is 5.92 Å². The smallest absolute Gasteiger partial charge is 0.0904 e. The van der Waals surface area contributed by atoms with Gasteiger partial charge in [0.05, 0.1) is 6.10 Å². The number of aliphatic hydroxyl groups excluding tert-OH is 1. The number of thiophene rings is 1. The minimum absolute atomic E-state index is 0.259. The fourth-order valence-corrected chi connectivity index (χ4v) is 3.41. The monoisotopic (exact) mass is 210 g/mol. The van der Waals surface area contributed by atoms with Gasteiger partial charge in [-0.05, 0) is 43.2 Å². The molecule has 1 atom stereocenters. The molecule has 1 aromatic heterocycles. The van der Waals surface area contributed by atoms with Crippen LogP contribution < -0.4 is 0 Å². The lowest BCUT2D eigenvalue weighted by Gasteiger charge is -2.11. The van der Waals surface area contributed by atoms with E-state index in [4.69, 9.17) is 0 Å². The molecule has 2 heteroatoms. The van der Waals surface area contributed by atoms with E-state index in [1.165, 1.54) is 41.0 Å². The third-order valence-corrected chi connectivity index (χ3v) is 4.25. The van der Waals surface area contributed by atoms with Gasteiger partial charge in [0.1, 0.15) is 0 Å². The molecule has 1 aromatic rings. The van der Waals surface area contributed by atoms with Crippen LogP contribution in [-0.2, 0) is 12.8 Å². The van der Waals surface area contributed by atoms with Crippen molar-refractivity contribution >= 4 is 11.3 Å². The van der Waals surface area contributed by atoms with Crippen LogP contribution in [0.1, 0.15) is 48.1 Å². The normalized spacial score (nSPS) is 18.3. The maximum atomic E-state index is 9.96. The molecular weight excluding hydrogens is 192 g/mol. The van der Waals surface area contributed by atoms with Crippen LogP contribution in [0.4, 0.5) is 0 Å². The molecule has 2 rings (SSSR count). The number of rotatable bonds is 2. The van der Waals surface area contributed by atoms with Gasteiger partial charge in [0.2, 0.25) is 0 Å². The van der Waals surface area contributed by atoms with Crippen LogP contribution in [0.5, 0.6) is 0 Å². The number of hydrogen-bond acceptors (Lipinski definition) is 2. The first-order valence-corrected chi connectivity index (χ1v) is 6.29. The number of hydrogen-bond donors (Lipinski definition) is 1. The van der Waals surface area contributed by atoms with Gasteiger partial charge in [-0.1, -0.05) is 13.8 Å². The molecule has 1 aliphatic rings. The minimum atomic E-state index is -0.259. The predicted octanol–water partition coefficient (Wildman–Crippen LogP) is 3.32. The summed E-state index contributed by atoms with van der Waals surface area (Å²) in [7, 11) is 0. The first-order valence-electron chi connectivity index (χ1n) is 5.48. The van der Waals surface area contributed by atoms with E-state index in [-0.39, 0.29) is 6.10 Å². The van der Waals surface area contributed by atoms with Crippen molar-refractivity contribution in [3.63, 3.8) is 0 Å². The van der Waals surface area contributed by atoms with Crippen molar-refractivity contribution < 1.29 is 5.11 Å². The van der Waals surface area contributed by atoms with Gasteiger partial charge in [0.15, 0.2) is 0 Å². The molecule has 0 radical (unpaired) electrons. The van der Waals surface area contributed by atoms with Gasteiger partial charge in [0.25, 0.3) is 0 Å². The zero-order chi connectivity index (χ0) is 10.1. The van der Waals surface area contributed by atoms with E-state index >= 15 is 0 Å². The van der Waals surface area contributed by atoms with Crippen molar-refractivity contribution in [2.24, 2.45) is 5.92 Å². The Morgan fingerprint density at radius 1 is 1.29 bits per heavy atom. The molecule has 0 amide bonds. The fraction of sp³-hybridized carbons (Fsp3) is 0.667. The standard InChI is InChI=1S/C12H18OS/c1-8(2)12(13)11-7-9-5-3-4-6-10(9)14-11/h7-8,12-13H,3-6H2,1-2H3. The molecule has 14 heavy (non-hydrogen) atoms. The highest BCUT2D eigenvalue weighted by Gasteiger charge is 2.19. The summed E-state index contributed by atoms with van der Waals surface area (Å²) in [5.74, 6) is 0.329. The van der Waals surface area contributed by atoms with Crippen LogP contribution in [0.25, 0.3) is 0 Å². The Bertz CT molecular complexity index is 291. The van der Waals surface area contributed by atoms with Gasteiger partial charge in [-0.2, -0.15) is 0 Å². The van der Waals surface area contributed by atoms with Gasteiger partial charge in [0, 0.05) is 9.75 Å². The molecule has 78 valence electrons. The number of aryl methyl sites for hydroxylation is 2. The van der Waals surface area contributed by atoms with Crippen molar-refractivity contribution in [3.8, 4) is 0 Å². The molecule has 0 aromatic carbocycles. The lowest BCUT2D eigenvalue weighted by Crippen LogP contribution is -2.02. The van der Waals surface area contributed by atoms with Gasteiger partial charge in [-0.25, -0.2) is 0 Å². The second-order valence-corrected chi connectivity index (χ2v) is 5.66. The Labute approximate surface area is 89.8 Å². The molecule has 1 nitrogen and oxygen atoms in total. The highest BCUT2D eigenvalue weighted by Crippen LogP contribution is 2.35. The first-order chi connectivity index (χ1) is 6.68. The Kier molecular flexibility index (Phi) is 2.93. The summed E-state index contributed by atoms with van der Waals surface area (Å²) in [4.78, 5) is 2.69. The predicted molar refractivity (Wildman–Crippen MR) is 60.8 cm³/mol. The van der Waals surface area contributed by atoms with E-state index in [1.54, 1.807) is 0 Å². The van der Waals surface area contributed by atoms with Crippen LogP contribution in [-0.4, -0.2) is 5.11 Å². The minimum Gasteiger partial charge on any atom is -0.387 e. The van der Waals surface area contributed by atoms with Crippen LogP contribution in [0.15, 0.2) is 6.07 Å². The van der Waals surface area contributed by atoms with Gasteiger partial charge < -0.3 is 5.11 Å². The summed E-state index contributed by atoms with van der Waals surface area (Å²) in [5, 5.41) is 9.96. The number of fused-ring (bicyclic) bond motifs is 1. The summed E-state index contributed by atoms with van der Waals surface area (Å²) in [6.45, 7) is 4.15. The highest BCUT2D eigenvalue weighted by molar-refractivity contribution is 7.12. The van der Waals surface area contributed by atoms with Crippen LogP contribution >= 0.6 is 11.3 Å². The zero-order valence-electron chi connectivity index (χ0n) is 8.92. The summed E-state index contributed by atoms with van der Waals surface area (Å²) in [5.41, 5.74) is 1.50. The second kappa shape index (κ2) is 4.03. The van der Waals surface area contributed by atoms with Crippen molar-refractivity contribution in [3.05, 3.63) is 21.4 Å². The van der Waals surface area contributed by atoms with Crippen LogP contribution in [0.2, 0.25) is 0 Å². The average molecular weight is 210 g/mol. The van der Waals surface area contributed by atoms with E-state index in [1.807, 2.05) is 11.3 Å². The zero-order valence-corrected chi connectivity index (χ0v) is 9.73. The summed E-state index contributed by atoms with van der Waals surface area (Å²) < 4.78 is 0. The molecule has 1 unspecified atom stereocenters. The Balaban J connectivity index is 2.23. The van der Waals surface area contributed by atoms with Crippen molar-refractivity contribution in [1.82, 2.24) is 0 Å². The molecule has 0 fully saturated rings. The largest absolute Gasteiger partial charge is 0.387 e. The van der Waals surface area contributed by atoms with Crippen LogP contribution in [0, 0.1) is 5.92 Å². The van der Waals surface area contributed by atoms with Gasteiger partial charge >= 0.3 is 0 Å². The highest BCUT2D eigenvalue weighted by atomic mass is 32.1. The molecule has 0 bridgehead atoms. The first kappa shape index (κ1) is 10.2. The molecule has 1 aliphatic carbocycles. The maximum absolute atomic E-state index is 9.96. The fourth-order valence-electron chi connectivity index (χ4n) is 1.99. The second-order valence-electron chi connectivity index (χ2n) is 4.49. The maximum Gasteiger partial charge on any atom is 0.0904 e. The summed E-state index contributed by atoms with van der Waals surface area (Å²) in [6, 6.07) is 2.23. The summed E-state index contributed by atoms with van der Waals surface area (Å²) >= 11 is 1.82. The molecule has 0 spiro atoms. The van der Waals surface area contributed by atoms with E-state index < -0.39 is 0 Å². The average Bonchev–Trinajstić information content (AvgIpc) is 2.59. The van der Waals surface area contributed by atoms with Crippen LogP contribution in [0.3, 0.4) is 0 Å². The Morgan fingerprint density at radius 2 is 2.00 bits per heavy atom. The van der Waals surface area contributed by atoms with Crippen molar-refractivity contribution in [2.45, 2.75) is 45.6 Å². The molecule has 0 aliphatic heterocycles. The molecular formula is C12H18OS. The van der Waals surface area contributed by atoms with E-state index in [0.717, 1.165) is 0 Å². The molecule has 1 N–H and O–H groups in total. The third kappa shape index (κ3) is 1.86. The van der Waals surface area contributed by atoms with Gasteiger partial charge in [-0.3, -0.25) is 0 Å². The lowest BCUT2D eigenvalue weighted by atomic mass is 9.98. The summed E-state index contributed by atoms with van der Waals surface area (Å²) in [6.07, 6.45) is 4.83. The third-order valence-electron chi connectivity index (χ3n) is 2.94. The number of aliphatic hydroxyl groups is 1. The Morgan fingerprint density at radius 3 is 2.64 bits per heavy atom. The van der Waals surface area contributed by atoms with Crippen molar-refractivity contribution in [1.29, 1.82) is 0 Å².